The third kappa shape index (κ3) is 2.12. The number of nitrogens with one attached hydrogen (secondary N) is 2. The van der Waals surface area contributed by atoms with Crippen molar-refractivity contribution in [2.75, 3.05) is 0 Å². The summed E-state index contributed by atoms with van der Waals surface area (Å²) in [5.74, 6) is -1.09. The molecule has 1 heterocycles. The van der Waals surface area contributed by atoms with Crippen molar-refractivity contribution < 1.29 is 19.6 Å². The summed E-state index contributed by atoms with van der Waals surface area (Å²) in [6, 6.07) is 2.96. The number of phenols is 1. The minimum atomic E-state index is -0.745. The summed E-state index contributed by atoms with van der Waals surface area (Å²) >= 11 is 0. The smallest absolute Gasteiger partial charge is 0.326 e. The summed E-state index contributed by atoms with van der Waals surface area (Å²) in [6.45, 7) is 0. The topological polar surface area (TPSA) is 122 Å². The molecule has 8 nitrogen and oxygen atoms in total. The molecule has 0 unspecified atom stereocenters. The Balaban J connectivity index is 2.38. The quantitative estimate of drug-likeness (QED) is 0.304. The Morgan fingerprint density at radius 1 is 1.28 bits per heavy atom. The molecule has 1 saturated heterocycles. The van der Waals surface area contributed by atoms with Gasteiger partial charge in [-0.15, -0.1) is 0 Å². The molecule has 1 aliphatic rings. The first kappa shape index (κ1) is 11.6. The fourth-order valence-electron chi connectivity index (χ4n) is 1.43. The van der Waals surface area contributed by atoms with Gasteiger partial charge in [0, 0.05) is 6.07 Å². The highest BCUT2D eigenvalue weighted by atomic mass is 16.6. The average Bonchev–Trinajstić information content (AvgIpc) is 2.60. The van der Waals surface area contributed by atoms with E-state index in [0.29, 0.717) is 5.56 Å². The van der Waals surface area contributed by atoms with Crippen LogP contribution in [0.25, 0.3) is 6.08 Å². The predicted molar refractivity (Wildman–Crippen MR) is 59.4 cm³/mol. The first-order chi connectivity index (χ1) is 8.47. The van der Waals surface area contributed by atoms with Gasteiger partial charge in [0.25, 0.3) is 5.91 Å². The fraction of sp³-hybridized carbons (Fsp3) is 0. The Kier molecular flexibility index (Phi) is 2.68. The van der Waals surface area contributed by atoms with E-state index in [1.165, 1.54) is 12.1 Å². The molecule has 0 radical (unpaired) electrons. The molecular weight excluding hydrogens is 242 g/mol. The molecule has 0 aromatic heterocycles. The van der Waals surface area contributed by atoms with Crippen molar-refractivity contribution in [1.29, 1.82) is 0 Å². The highest BCUT2D eigenvalue weighted by molar-refractivity contribution is 6.14. The number of aromatic hydroxyl groups is 1. The van der Waals surface area contributed by atoms with Gasteiger partial charge in [0.05, 0.1) is 4.92 Å². The van der Waals surface area contributed by atoms with Crippen LogP contribution in [0.2, 0.25) is 0 Å². The molecule has 3 amide bonds. The van der Waals surface area contributed by atoms with E-state index in [4.69, 9.17) is 0 Å². The van der Waals surface area contributed by atoms with E-state index in [-0.39, 0.29) is 5.70 Å². The number of carbonyl (C=O) groups excluding carboxylic acids is 2. The summed E-state index contributed by atoms with van der Waals surface area (Å²) in [4.78, 5) is 31.9. The monoisotopic (exact) mass is 249 g/mol. The molecule has 92 valence electrons. The molecule has 0 saturated carbocycles. The van der Waals surface area contributed by atoms with Crippen LogP contribution in [0, 0.1) is 10.1 Å². The van der Waals surface area contributed by atoms with Crippen LogP contribution in [0.3, 0.4) is 0 Å². The van der Waals surface area contributed by atoms with Crippen LogP contribution < -0.4 is 10.6 Å². The van der Waals surface area contributed by atoms with Gasteiger partial charge >= 0.3 is 11.7 Å². The summed E-state index contributed by atoms with van der Waals surface area (Å²) in [6.07, 6.45) is 1.27. The number of phenolic OH excluding ortho intramolecular Hbond substituents is 1. The zero-order valence-electron chi connectivity index (χ0n) is 8.84. The number of hydrogen-bond donors (Lipinski definition) is 3. The Hall–Kier alpha value is -2.90. The van der Waals surface area contributed by atoms with E-state index >= 15 is 0 Å². The molecule has 0 spiro atoms. The number of amides is 3. The highest BCUT2D eigenvalue weighted by Gasteiger charge is 2.23. The molecule has 2 rings (SSSR count). The third-order valence-electron chi connectivity index (χ3n) is 2.23. The van der Waals surface area contributed by atoms with Crippen molar-refractivity contribution >= 4 is 23.7 Å². The second kappa shape index (κ2) is 4.17. The van der Waals surface area contributed by atoms with Gasteiger partial charge in [-0.25, -0.2) is 4.79 Å². The number of urea groups is 1. The first-order valence-corrected chi connectivity index (χ1v) is 4.79. The van der Waals surface area contributed by atoms with Crippen LogP contribution >= 0.6 is 0 Å². The van der Waals surface area contributed by atoms with Crippen LogP contribution in [0.5, 0.6) is 5.75 Å². The van der Waals surface area contributed by atoms with Gasteiger partial charge in [0.15, 0.2) is 5.75 Å². The fourth-order valence-corrected chi connectivity index (χ4v) is 1.43. The van der Waals surface area contributed by atoms with Gasteiger partial charge in [-0.05, 0) is 17.7 Å². The standard InChI is InChI=1S/C10H7N3O5/c14-8-2-1-5(4-7(8)13(17)18)3-6-9(15)12-10(16)11-6/h1-4,14H,(H2,11,12,15,16). The lowest BCUT2D eigenvalue weighted by Gasteiger charge is -1.98. The van der Waals surface area contributed by atoms with Crippen LogP contribution in [0.4, 0.5) is 10.5 Å². The van der Waals surface area contributed by atoms with Crippen molar-refractivity contribution in [2.24, 2.45) is 0 Å². The second-order valence-electron chi connectivity index (χ2n) is 3.47. The lowest BCUT2D eigenvalue weighted by atomic mass is 10.1. The molecule has 1 fully saturated rings. The zero-order chi connectivity index (χ0) is 13.3. The van der Waals surface area contributed by atoms with Gasteiger partial charge in [-0.2, -0.15) is 0 Å². The molecule has 8 heteroatoms. The van der Waals surface area contributed by atoms with Gasteiger partial charge in [0.2, 0.25) is 0 Å². The number of imide groups is 1. The largest absolute Gasteiger partial charge is 0.502 e. The van der Waals surface area contributed by atoms with E-state index in [2.05, 4.69) is 5.32 Å². The number of nitro groups is 1. The van der Waals surface area contributed by atoms with E-state index in [1.54, 1.807) is 0 Å². The minimum Gasteiger partial charge on any atom is -0.502 e. The van der Waals surface area contributed by atoms with Crippen LogP contribution in [0.15, 0.2) is 23.9 Å². The van der Waals surface area contributed by atoms with E-state index < -0.39 is 28.3 Å². The lowest BCUT2D eigenvalue weighted by Crippen LogP contribution is -2.22. The maximum Gasteiger partial charge on any atom is 0.326 e. The van der Waals surface area contributed by atoms with Gasteiger partial charge in [0.1, 0.15) is 5.70 Å². The van der Waals surface area contributed by atoms with Gasteiger partial charge in [-0.3, -0.25) is 20.2 Å². The summed E-state index contributed by atoms with van der Waals surface area (Å²) in [5.41, 5.74) is -0.180. The predicted octanol–water partition coefficient (Wildman–Crippen LogP) is 0.481. The maximum atomic E-state index is 11.2. The highest BCUT2D eigenvalue weighted by Crippen LogP contribution is 2.27. The van der Waals surface area contributed by atoms with E-state index in [9.17, 15) is 24.8 Å². The number of hydrogen-bond acceptors (Lipinski definition) is 5. The molecule has 0 aliphatic carbocycles. The van der Waals surface area contributed by atoms with Crippen molar-refractivity contribution in [3.8, 4) is 5.75 Å². The molecular formula is C10H7N3O5. The molecule has 3 N–H and O–H groups in total. The normalized spacial score (nSPS) is 16.6. The molecule has 0 atom stereocenters. The van der Waals surface area contributed by atoms with Crippen LogP contribution in [0.1, 0.15) is 5.56 Å². The number of carbonyl (C=O) groups is 2. The molecule has 18 heavy (non-hydrogen) atoms. The summed E-state index contributed by atoms with van der Waals surface area (Å²) in [5, 5.41) is 24.1. The van der Waals surface area contributed by atoms with Crippen LogP contribution in [-0.4, -0.2) is 22.0 Å². The van der Waals surface area contributed by atoms with Gasteiger partial charge in [-0.1, -0.05) is 6.07 Å². The zero-order valence-corrected chi connectivity index (χ0v) is 8.84. The van der Waals surface area contributed by atoms with Crippen molar-refractivity contribution in [2.45, 2.75) is 0 Å². The molecule has 0 bridgehead atoms. The number of benzene rings is 1. The maximum absolute atomic E-state index is 11.2. The Bertz CT molecular complexity index is 593. The SMILES string of the molecule is O=C1NC(=O)C(=Cc2ccc(O)c([N+](=O)[O-])c2)N1. The van der Waals surface area contributed by atoms with Gasteiger partial charge < -0.3 is 10.4 Å². The Morgan fingerprint density at radius 2 is 2.00 bits per heavy atom. The molecule has 1 aliphatic heterocycles. The number of rotatable bonds is 2. The molecule has 1 aromatic carbocycles. The van der Waals surface area contributed by atoms with Crippen LogP contribution in [-0.2, 0) is 4.79 Å². The number of nitro benzene ring substituents is 1. The summed E-state index contributed by atoms with van der Waals surface area (Å²) < 4.78 is 0. The third-order valence-corrected chi connectivity index (χ3v) is 2.23. The summed E-state index contributed by atoms with van der Waals surface area (Å²) in [7, 11) is 0. The first-order valence-electron chi connectivity index (χ1n) is 4.79. The van der Waals surface area contributed by atoms with Crippen molar-refractivity contribution in [3.05, 3.63) is 39.6 Å². The van der Waals surface area contributed by atoms with Crippen molar-refractivity contribution in [1.82, 2.24) is 10.6 Å². The lowest BCUT2D eigenvalue weighted by molar-refractivity contribution is -0.385. The van der Waals surface area contributed by atoms with E-state index in [0.717, 1.165) is 12.1 Å². The Labute approximate surface area is 100 Å². The number of nitrogens with zero attached hydrogens (tertiary/aromatic N) is 1. The Morgan fingerprint density at radius 3 is 2.56 bits per heavy atom. The second-order valence-corrected chi connectivity index (χ2v) is 3.47. The molecule has 1 aromatic rings. The van der Waals surface area contributed by atoms with Crippen molar-refractivity contribution in [3.63, 3.8) is 0 Å². The minimum absolute atomic E-state index is 0.0139. The average molecular weight is 249 g/mol. The van der Waals surface area contributed by atoms with E-state index in [1.807, 2.05) is 5.32 Å².